The van der Waals surface area contributed by atoms with Crippen LogP contribution in [0.5, 0.6) is 0 Å². The number of carboxylic acid groups (broad SMARTS) is 1. The molecule has 21 heavy (non-hydrogen) atoms. The predicted molar refractivity (Wildman–Crippen MR) is 75.5 cm³/mol. The van der Waals surface area contributed by atoms with Crippen LogP contribution in [0.2, 0.25) is 0 Å². The molecule has 0 spiro atoms. The number of urea groups is 1. The van der Waals surface area contributed by atoms with E-state index in [-0.39, 0.29) is 11.6 Å². The molecule has 1 heterocycles. The van der Waals surface area contributed by atoms with Gasteiger partial charge in [0, 0.05) is 33.5 Å². The summed E-state index contributed by atoms with van der Waals surface area (Å²) in [6.07, 6.45) is 2.60. The van der Waals surface area contributed by atoms with Crippen molar-refractivity contribution in [3.63, 3.8) is 0 Å². The Bertz CT molecular complexity index is 473. The van der Waals surface area contributed by atoms with E-state index in [1.165, 1.54) is 23.4 Å². The molecule has 0 aromatic carbocycles. The second-order valence-electron chi connectivity index (χ2n) is 4.17. The van der Waals surface area contributed by atoms with Gasteiger partial charge in [-0.3, -0.25) is 4.98 Å². The van der Waals surface area contributed by atoms with Crippen molar-refractivity contribution >= 4 is 17.7 Å². The van der Waals surface area contributed by atoms with Crippen molar-refractivity contribution in [2.45, 2.75) is 0 Å². The van der Waals surface area contributed by atoms with Crippen LogP contribution < -0.4 is 5.32 Å². The molecular formula is C13H19N3O5. The zero-order chi connectivity index (χ0) is 15.7. The predicted octanol–water partition coefficient (Wildman–Crippen LogP) is 0.906. The lowest BCUT2D eigenvalue weighted by molar-refractivity contribution is 0.0696. The molecule has 8 nitrogen and oxygen atoms in total. The molecule has 1 rings (SSSR count). The Labute approximate surface area is 122 Å². The highest BCUT2D eigenvalue weighted by atomic mass is 16.5. The number of pyridine rings is 1. The molecule has 0 bridgehead atoms. The topological polar surface area (TPSA) is 101 Å². The average Bonchev–Trinajstić information content (AvgIpc) is 2.47. The molecule has 2 N–H and O–H groups in total. The van der Waals surface area contributed by atoms with Crippen LogP contribution in [0, 0.1) is 0 Å². The van der Waals surface area contributed by atoms with Crippen LogP contribution in [0.25, 0.3) is 0 Å². The zero-order valence-corrected chi connectivity index (χ0v) is 12.0. The number of rotatable bonds is 8. The van der Waals surface area contributed by atoms with Gasteiger partial charge in [0.05, 0.1) is 30.7 Å². The van der Waals surface area contributed by atoms with Crippen LogP contribution in [0.4, 0.5) is 10.5 Å². The van der Waals surface area contributed by atoms with E-state index >= 15 is 0 Å². The molecule has 1 aromatic heterocycles. The number of aromatic nitrogens is 1. The quantitative estimate of drug-likeness (QED) is 0.739. The monoisotopic (exact) mass is 297 g/mol. The maximum atomic E-state index is 12.1. The lowest BCUT2D eigenvalue weighted by Gasteiger charge is -2.22. The number of methoxy groups -OCH3 is 2. The Morgan fingerprint density at radius 3 is 2.38 bits per heavy atom. The van der Waals surface area contributed by atoms with Gasteiger partial charge < -0.3 is 24.8 Å². The highest BCUT2D eigenvalue weighted by molar-refractivity contribution is 5.92. The first-order valence-electron chi connectivity index (χ1n) is 6.30. The van der Waals surface area contributed by atoms with Crippen LogP contribution >= 0.6 is 0 Å². The molecule has 116 valence electrons. The number of ether oxygens (including phenoxy) is 2. The summed E-state index contributed by atoms with van der Waals surface area (Å²) in [6, 6.07) is 0.978. The molecule has 0 saturated carbocycles. The lowest BCUT2D eigenvalue weighted by atomic mass is 10.2. The molecule has 0 aliphatic carbocycles. The summed E-state index contributed by atoms with van der Waals surface area (Å²) >= 11 is 0. The summed E-state index contributed by atoms with van der Waals surface area (Å²) in [4.78, 5) is 28.3. The third-order valence-corrected chi connectivity index (χ3v) is 2.65. The first kappa shape index (κ1) is 16.9. The number of nitrogens with one attached hydrogen (secondary N) is 1. The van der Waals surface area contributed by atoms with Crippen molar-refractivity contribution < 1.29 is 24.2 Å². The van der Waals surface area contributed by atoms with Crippen molar-refractivity contribution in [3.05, 3.63) is 24.0 Å². The molecule has 0 fully saturated rings. The number of anilines is 1. The van der Waals surface area contributed by atoms with Gasteiger partial charge in [-0.25, -0.2) is 9.59 Å². The normalized spacial score (nSPS) is 10.2. The van der Waals surface area contributed by atoms with Gasteiger partial charge in [0.2, 0.25) is 0 Å². The maximum Gasteiger partial charge on any atom is 0.337 e. The summed E-state index contributed by atoms with van der Waals surface area (Å²) in [6.45, 7) is 1.59. The molecule has 0 aliphatic rings. The average molecular weight is 297 g/mol. The Morgan fingerprint density at radius 1 is 1.24 bits per heavy atom. The van der Waals surface area contributed by atoms with E-state index in [1.807, 2.05) is 0 Å². The fourth-order valence-corrected chi connectivity index (χ4v) is 1.55. The van der Waals surface area contributed by atoms with Gasteiger partial charge in [0.15, 0.2) is 0 Å². The third kappa shape index (κ3) is 5.76. The molecule has 0 aliphatic heterocycles. The standard InChI is InChI=1S/C13H19N3O5/c1-20-5-3-16(4-6-21-2)13(19)15-11-7-10(12(17)18)8-14-9-11/h7-9H,3-6H2,1-2H3,(H,15,19)(H,17,18). The molecule has 2 amide bonds. The highest BCUT2D eigenvalue weighted by Crippen LogP contribution is 2.09. The van der Waals surface area contributed by atoms with Gasteiger partial charge in [-0.15, -0.1) is 0 Å². The number of carbonyl (C=O) groups is 2. The van der Waals surface area contributed by atoms with Crippen LogP contribution in [0.15, 0.2) is 18.5 Å². The molecule has 1 aromatic rings. The fourth-order valence-electron chi connectivity index (χ4n) is 1.55. The van der Waals surface area contributed by atoms with Gasteiger partial charge >= 0.3 is 12.0 Å². The fraction of sp³-hybridized carbons (Fsp3) is 0.462. The number of hydrogen-bond acceptors (Lipinski definition) is 5. The number of nitrogens with zero attached hydrogens (tertiary/aromatic N) is 2. The largest absolute Gasteiger partial charge is 0.478 e. The van der Waals surface area contributed by atoms with Crippen molar-refractivity contribution in [1.29, 1.82) is 0 Å². The Balaban J connectivity index is 2.70. The minimum absolute atomic E-state index is 0.00753. The van der Waals surface area contributed by atoms with E-state index in [9.17, 15) is 9.59 Å². The van der Waals surface area contributed by atoms with Crippen LogP contribution in [-0.4, -0.2) is 67.5 Å². The molecule has 8 heteroatoms. The second kappa shape index (κ2) is 8.88. The Kier molecular flexibility index (Phi) is 7.13. The molecule has 0 radical (unpaired) electrons. The van der Waals surface area contributed by atoms with E-state index in [1.54, 1.807) is 14.2 Å². The van der Waals surface area contributed by atoms with Gasteiger partial charge in [-0.1, -0.05) is 0 Å². The van der Waals surface area contributed by atoms with Gasteiger partial charge in [-0.2, -0.15) is 0 Å². The highest BCUT2D eigenvalue weighted by Gasteiger charge is 2.14. The van der Waals surface area contributed by atoms with E-state index in [0.717, 1.165) is 0 Å². The molecule has 0 saturated heterocycles. The number of hydrogen-bond donors (Lipinski definition) is 2. The third-order valence-electron chi connectivity index (χ3n) is 2.65. The molecule has 0 unspecified atom stereocenters. The van der Waals surface area contributed by atoms with E-state index in [4.69, 9.17) is 14.6 Å². The SMILES string of the molecule is COCCN(CCOC)C(=O)Nc1cncc(C(=O)O)c1. The van der Waals surface area contributed by atoms with Crippen molar-refractivity contribution in [3.8, 4) is 0 Å². The van der Waals surface area contributed by atoms with Gasteiger partial charge in [-0.05, 0) is 6.07 Å². The van der Waals surface area contributed by atoms with E-state index in [2.05, 4.69) is 10.3 Å². The number of amides is 2. The minimum atomic E-state index is -1.10. The van der Waals surface area contributed by atoms with Crippen LogP contribution in [0.1, 0.15) is 10.4 Å². The minimum Gasteiger partial charge on any atom is -0.478 e. The van der Waals surface area contributed by atoms with E-state index < -0.39 is 5.97 Å². The Morgan fingerprint density at radius 2 is 1.86 bits per heavy atom. The summed E-state index contributed by atoms with van der Waals surface area (Å²) in [7, 11) is 3.10. The second-order valence-corrected chi connectivity index (χ2v) is 4.17. The lowest BCUT2D eigenvalue weighted by Crippen LogP contribution is -2.39. The number of carbonyl (C=O) groups excluding carboxylic acids is 1. The maximum absolute atomic E-state index is 12.1. The van der Waals surface area contributed by atoms with Crippen LogP contribution in [-0.2, 0) is 9.47 Å². The zero-order valence-electron chi connectivity index (χ0n) is 12.0. The van der Waals surface area contributed by atoms with Gasteiger partial charge in [0.1, 0.15) is 0 Å². The summed E-state index contributed by atoms with van der Waals surface area (Å²) < 4.78 is 9.90. The first-order chi connectivity index (χ1) is 10.1. The van der Waals surface area contributed by atoms with Crippen molar-refractivity contribution in [1.82, 2.24) is 9.88 Å². The van der Waals surface area contributed by atoms with Crippen molar-refractivity contribution in [2.24, 2.45) is 0 Å². The summed E-state index contributed by atoms with van der Waals surface area (Å²) in [5, 5.41) is 11.5. The number of carboxylic acids is 1. The Hall–Kier alpha value is -2.19. The summed E-state index contributed by atoms with van der Waals surface area (Å²) in [5.41, 5.74) is 0.327. The summed E-state index contributed by atoms with van der Waals surface area (Å²) in [5.74, 6) is -1.10. The smallest absolute Gasteiger partial charge is 0.337 e. The molecule has 0 atom stereocenters. The molecular weight excluding hydrogens is 278 g/mol. The van der Waals surface area contributed by atoms with E-state index in [0.29, 0.717) is 32.0 Å². The van der Waals surface area contributed by atoms with Crippen LogP contribution in [0.3, 0.4) is 0 Å². The van der Waals surface area contributed by atoms with Crippen molar-refractivity contribution in [2.75, 3.05) is 45.8 Å². The van der Waals surface area contributed by atoms with Gasteiger partial charge in [0.25, 0.3) is 0 Å². The first-order valence-corrected chi connectivity index (χ1v) is 6.30. The number of aromatic carboxylic acids is 1.